The Kier molecular flexibility index (Phi) is 5.97. The number of hydrogen-bond donors (Lipinski definition) is 1. The lowest BCUT2D eigenvalue weighted by Gasteiger charge is -2.35. The third-order valence-corrected chi connectivity index (χ3v) is 5.62. The molecule has 1 aliphatic rings. The fraction of sp³-hybridized carbons (Fsp3) is 0.333. The van der Waals surface area contributed by atoms with Gasteiger partial charge in [0.05, 0.1) is 18.3 Å². The second-order valence-corrected chi connectivity index (χ2v) is 7.69. The minimum Gasteiger partial charge on any atom is -0.373 e. The van der Waals surface area contributed by atoms with E-state index in [1.54, 1.807) is 6.07 Å². The predicted molar refractivity (Wildman–Crippen MR) is 114 cm³/mol. The highest BCUT2D eigenvalue weighted by Gasteiger charge is 2.31. The molecule has 158 valence electrons. The maximum atomic E-state index is 13.0. The Hall–Kier alpha value is -2.57. The Bertz CT molecular complexity index is 1000. The van der Waals surface area contributed by atoms with Crippen LogP contribution in [-0.2, 0) is 10.9 Å². The van der Waals surface area contributed by atoms with Crippen molar-refractivity contribution in [1.82, 2.24) is 5.32 Å². The number of nitrogens with zero attached hydrogens (tertiary/aromatic N) is 1. The van der Waals surface area contributed by atoms with E-state index in [0.29, 0.717) is 31.9 Å². The molecule has 0 aliphatic carbocycles. The molecule has 0 spiro atoms. The van der Waals surface area contributed by atoms with Crippen LogP contribution in [0.5, 0.6) is 0 Å². The SMILES string of the molecule is C[C@@H](NCC1CN(c2cccc(C(F)(F)F)c2)CCO1)c1cccc2ccccc12. The van der Waals surface area contributed by atoms with E-state index in [0.717, 1.165) is 6.07 Å². The summed E-state index contributed by atoms with van der Waals surface area (Å²) in [6.07, 6.45) is -4.43. The molecule has 1 unspecified atom stereocenters. The van der Waals surface area contributed by atoms with E-state index < -0.39 is 11.7 Å². The molecule has 0 saturated carbocycles. The number of rotatable bonds is 5. The van der Waals surface area contributed by atoms with Gasteiger partial charge in [0.15, 0.2) is 0 Å². The summed E-state index contributed by atoms with van der Waals surface area (Å²) in [5.74, 6) is 0. The average molecular weight is 414 g/mol. The number of nitrogens with one attached hydrogen (secondary N) is 1. The van der Waals surface area contributed by atoms with Crippen molar-refractivity contribution in [3.63, 3.8) is 0 Å². The van der Waals surface area contributed by atoms with Gasteiger partial charge in [-0.2, -0.15) is 13.2 Å². The standard InChI is InChI=1S/C24H25F3N2O/c1-17(22-11-4-7-18-6-2-3-10-23(18)22)28-15-21-16-29(12-13-30-21)20-9-5-8-19(14-20)24(25,26)27/h2-11,14,17,21,28H,12-13,15-16H2,1H3/t17-,21?/m1/s1. The van der Waals surface area contributed by atoms with Crippen LogP contribution in [0, 0.1) is 0 Å². The van der Waals surface area contributed by atoms with Gasteiger partial charge in [0.25, 0.3) is 0 Å². The first-order valence-corrected chi connectivity index (χ1v) is 10.2. The summed E-state index contributed by atoms with van der Waals surface area (Å²) in [5, 5.41) is 5.96. The molecule has 1 saturated heterocycles. The van der Waals surface area contributed by atoms with Crippen LogP contribution in [-0.4, -0.2) is 32.3 Å². The first kappa shape index (κ1) is 20.7. The fourth-order valence-electron chi connectivity index (χ4n) is 4.00. The zero-order valence-corrected chi connectivity index (χ0v) is 16.8. The monoisotopic (exact) mass is 414 g/mol. The van der Waals surface area contributed by atoms with Crippen LogP contribution in [0.3, 0.4) is 0 Å². The summed E-state index contributed by atoms with van der Waals surface area (Å²) in [6.45, 7) is 4.37. The van der Waals surface area contributed by atoms with Crippen LogP contribution in [0.4, 0.5) is 18.9 Å². The van der Waals surface area contributed by atoms with Gasteiger partial charge in [0.2, 0.25) is 0 Å². The van der Waals surface area contributed by atoms with Crippen LogP contribution in [0.25, 0.3) is 10.8 Å². The molecule has 0 radical (unpaired) electrons. The van der Waals surface area contributed by atoms with Crippen molar-refractivity contribution in [2.45, 2.75) is 25.2 Å². The normalized spacial score (nSPS) is 18.5. The topological polar surface area (TPSA) is 24.5 Å². The van der Waals surface area contributed by atoms with Crippen molar-refractivity contribution in [2.24, 2.45) is 0 Å². The van der Waals surface area contributed by atoms with E-state index >= 15 is 0 Å². The summed E-state index contributed by atoms with van der Waals surface area (Å²) >= 11 is 0. The van der Waals surface area contributed by atoms with Gasteiger partial charge in [-0.3, -0.25) is 0 Å². The van der Waals surface area contributed by atoms with Crippen molar-refractivity contribution in [3.05, 3.63) is 77.9 Å². The molecular formula is C24H25F3N2O. The van der Waals surface area contributed by atoms with Crippen LogP contribution >= 0.6 is 0 Å². The van der Waals surface area contributed by atoms with Crippen molar-refractivity contribution >= 4 is 16.5 Å². The number of halogens is 3. The van der Waals surface area contributed by atoms with Gasteiger partial charge in [-0.1, -0.05) is 48.5 Å². The van der Waals surface area contributed by atoms with E-state index in [9.17, 15) is 13.2 Å². The highest BCUT2D eigenvalue weighted by Crippen LogP contribution is 2.32. The Balaban J connectivity index is 1.41. The minimum atomic E-state index is -4.34. The van der Waals surface area contributed by atoms with E-state index in [-0.39, 0.29) is 12.1 Å². The zero-order valence-electron chi connectivity index (χ0n) is 16.8. The van der Waals surface area contributed by atoms with Crippen molar-refractivity contribution in [3.8, 4) is 0 Å². The van der Waals surface area contributed by atoms with Crippen LogP contribution in [0.15, 0.2) is 66.7 Å². The van der Waals surface area contributed by atoms with E-state index in [4.69, 9.17) is 4.74 Å². The van der Waals surface area contributed by atoms with Gasteiger partial charge in [-0.15, -0.1) is 0 Å². The third-order valence-electron chi connectivity index (χ3n) is 5.62. The maximum Gasteiger partial charge on any atom is 0.416 e. The van der Waals surface area contributed by atoms with Gasteiger partial charge in [0.1, 0.15) is 0 Å². The molecule has 0 amide bonds. The second kappa shape index (κ2) is 8.66. The van der Waals surface area contributed by atoms with Crippen LogP contribution in [0.2, 0.25) is 0 Å². The zero-order chi connectivity index (χ0) is 21.1. The fourth-order valence-corrected chi connectivity index (χ4v) is 4.00. The summed E-state index contributed by atoms with van der Waals surface area (Å²) in [5.41, 5.74) is 1.18. The Morgan fingerprint density at radius 1 is 1.07 bits per heavy atom. The van der Waals surface area contributed by atoms with Gasteiger partial charge in [-0.25, -0.2) is 0 Å². The summed E-state index contributed by atoms with van der Waals surface area (Å²) < 4.78 is 45.0. The van der Waals surface area contributed by atoms with E-state index in [1.807, 2.05) is 17.0 Å². The second-order valence-electron chi connectivity index (χ2n) is 7.69. The van der Waals surface area contributed by atoms with Gasteiger partial charge in [0, 0.05) is 31.4 Å². The van der Waals surface area contributed by atoms with Crippen molar-refractivity contribution in [2.75, 3.05) is 31.1 Å². The highest BCUT2D eigenvalue weighted by molar-refractivity contribution is 5.86. The number of anilines is 1. The number of fused-ring (bicyclic) bond motifs is 1. The van der Waals surface area contributed by atoms with Crippen molar-refractivity contribution in [1.29, 1.82) is 0 Å². The quantitative estimate of drug-likeness (QED) is 0.604. The molecular weight excluding hydrogens is 389 g/mol. The Labute approximate surface area is 174 Å². The van der Waals surface area contributed by atoms with E-state index in [1.165, 1.54) is 28.5 Å². The molecule has 2 atom stereocenters. The van der Waals surface area contributed by atoms with Gasteiger partial charge in [-0.05, 0) is 41.5 Å². The van der Waals surface area contributed by atoms with Gasteiger partial charge < -0.3 is 15.0 Å². The Morgan fingerprint density at radius 2 is 1.83 bits per heavy atom. The smallest absolute Gasteiger partial charge is 0.373 e. The molecule has 0 aromatic heterocycles. The molecule has 0 bridgehead atoms. The number of hydrogen-bond acceptors (Lipinski definition) is 3. The summed E-state index contributed by atoms with van der Waals surface area (Å²) in [7, 11) is 0. The molecule has 3 nitrogen and oxygen atoms in total. The molecule has 4 rings (SSSR count). The number of benzene rings is 3. The Morgan fingerprint density at radius 3 is 2.67 bits per heavy atom. The molecule has 1 aliphatic heterocycles. The highest BCUT2D eigenvalue weighted by atomic mass is 19.4. The predicted octanol–water partition coefficient (Wildman–Crippen LogP) is 5.41. The molecule has 1 heterocycles. The molecule has 3 aromatic rings. The largest absolute Gasteiger partial charge is 0.416 e. The molecule has 30 heavy (non-hydrogen) atoms. The molecule has 6 heteroatoms. The van der Waals surface area contributed by atoms with Crippen LogP contribution < -0.4 is 10.2 Å². The number of alkyl halides is 3. The van der Waals surface area contributed by atoms with Crippen LogP contribution in [0.1, 0.15) is 24.1 Å². The molecule has 1 fully saturated rings. The number of morpholine rings is 1. The first-order valence-electron chi connectivity index (χ1n) is 10.2. The van der Waals surface area contributed by atoms with E-state index in [2.05, 4.69) is 42.6 Å². The summed E-state index contributed by atoms with van der Waals surface area (Å²) in [6, 6.07) is 20.2. The summed E-state index contributed by atoms with van der Waals surface area (Å²) in [4.78, 5) is 1.97. The third kappa shape index (κ3) is 4.60. The lowest BCUT2D eigenvalue weighted by Crippen LogP contribution is -2.47. The lowest BCUT2D eigenvalue weighted by molar-refractivity contribution is -0.137. The van der Waals surface area contributed by atoms with Crippen molar-refractivity contribution < 1.29 is 17.9 Å². The average Bonchev–Trinajstić information content (AvgIpc) is 2.77. The van der Waals surface area contributed by atoms with Gasteiger partial charge >= 0.3 is 6.18 Å². The maximum absolute atomic E-state index is 13.0. The number of ether oxygens (including phenoxy) is 1. The molecule has 3 aromatic carbocycles. The lowest BCUT2D eigenvalue weighted by atomic mass is 9.99. The minimum absolute atomic E-state index is 0.0919. The first-order chi connectivity index (χ1) is 14.4. The molecule has 1 N–H and O–H groups in total.